The average molecular weight is 276 g/mol. The first-order valence-electron chi connectivity index (χ1n) is 5.72. The standard InChI is InChI=1S/C15H13FO2S/c1-10-7-8-19-15(10)6-4-13(17)11-3-5-14(18-2)12(16)9-11/h3-9H,1-2H3/b6-4+. The van der Waals surface area contributed by atoms with Crippen LogP contribution in [0.4, 0.5) is 4.39 Å². The fraction of sp³-hybridized carbons (Fsp3) is 0.133. The molecular formula is C15H13FO2S. The lowest BCUT2D eigenvalue weighted by molar-refractivity contribution is 0.104. The number of carbonyl (C=O) groups excluding carboxylic acids is 1. The maximum Gasteiger partial charge on any atom is 0.185 e. The van der Waals surface area contributed by atoms with E-state index in [0.717, 1.165) is 10.4 Å². The van der Waals surface area contributed by atoms with Crippen LogP contribution in [0.15, 0.2) is 35.7 Å². The lowest BCUT2D eigenvalue weighted by Gasteiger charge is -2.02. The molecule has 19 heavy (non-hydrogen) atoms. The normalized spacial score (nSPS) is 10.9. The van der Waals surface area contributed by atoms with Crippen molar-refractivity contribution >= 4 is 23.2 Å². The number of carbonyl (C=O) groups is 1. The van der Waals surface area contributed by atoms with Crippen molar-refractivity contribution in [3.63, 3.8) is 0 Å². The Labute approximate surface area is 115 Å². The predicted octanol–water partition coefficient (Wildman–Crippen LogP) is 4.10. The van der Waals surface area contributed by atoms with Gasteiger partial charge in [0.05, 0.1) is 7.11 Å². The molecule has 0 aliphatic heterocycles. The van der Waals surface area contributed by atoms with Crippen LogP contribution in [0.2, 0.25) is 0 Å². The highest BCUT2D eigenvalue weighted by molar-refractivity contribution is 7.11. The fourth-order valence-corrected chi connectivity index (χ4v) is 2.44. The molecule has 0 unspecified atom stereocenters. The number of methoxy groups -OCH3 is 1. The monoisotopic (exact) mass is 276 g/mol. The second-order valence-corrected chi connectivity index (χ2v) is 4.96. The summed E-state index contributed by atoms with van der Waals surface area (Å²) < 4.78 is 18.3. The van der Waals surface area contributed by atoms with Crippen LogP contribution in [-0.4, -0.2) is 12.9 Å². The first kappa shape index (κ1) is 13.5. The molecular weight excluding hydrogens is 263 g/mol. The number of allylic oxidation sites excluding steroid dienone is 1. The van der Waals surface area contributed by atoms with E-state index in [-0.39, 0.29) is 11.5 Å². The summed E-state index contributed by atoms with van der Waals surface area (Å²) in [7, 11) is 1.39. The van der Waals surface area contributed by atoms with Crippen LogP contribution >= 0.6 is 11.3 Å². The molecule has 1 aromatic heterocycles. The predicted molar refractivity (Wildman–Crippen MR) is 75.4 cm³/mol. The number of halogens is 1. The summed E-state index contributed by atoms with van der Waals surface area (Å²) in [5, 5.41) is 1.96. The molecule has 98 valence electrons. The minimum Gasteiger partial charge on any atom is -0.494 e. The quantitative estimate of drug-likeness (QED) is 0.620. The summed E-state index contributed by atoms with van der Waals surface area (Å²) in [6.07, 6.45) is 3.21. The first-order valence-corrected chi connectivity index (χ1v) is 6.60. The van der Waals surface area contributed by atoms with E-state index in [0.29, 0.717) is 5.56 Å². The third-order valence-electron chi connectivity index (χ3n) is 2.72. The maximum atomic E-state index is 13.5. The van der Waals surface area contributed by atoms with Crippen molar-refractivity contribution in [2.24, 2.45) is 0 Å². The topological polar surface area (TPSA) is 26.3 Å². The Hall–Kier alpha value is -1.94. The molecule has 0 bridgehead atoms. The van der Waals surface area contributed by atoms with Gasteiger partial charge < -0.3 is 4.74 Å². The van der Waals surface area contributed by atoms with E-state index in [1.54, 1.807) is 23.5 Å². The first-order chi connectivity index (χ1) is 9.11. The molecule has 1 heterocycles. The van der Waals surface area contributed by atoms with Gasteiger partial charge in [0.2, 0.25) is 0 Å². The molecule has 0 spiro atoms. The Kier molecular flexibility index (Phi) is 4.12. The number of ether oxygens (including phenoxy) is 1. The molecule has 4 heteroatoms. The molecule has 0 amide bonds. The minimum atomic E-state index is -0.533. The van der Waals surface area contributed by atoms with Crippen LogP contribution in [0.25, 0.3) is 6.08 Å². The highest BCUT2D eigenvalue weighted by Gasteiger charge is 2.08. The molecule has 2 rings (SSSR count). The third kappa shape index (κ3) is 3.09. The summed E-state index contributed by atoms with van der Waals surface area (Å²) in [6.45, 7) is 1.98. The van der Waals surface area contributed by atoms with Gasteiger partial charge in [-0.15, -0.1) is 11.3 Å². The second-order valence-electron chi connectivity index (χ2n) is 4.01. The van der Waals surface area contributed by atoms with Crippen LogP contribution in [-0.2, 0) is 0 Å². The zero-order valence-electron chi connectivity index (χ0n) is 10.6. The van der Waals surface area contributed by atoms with Crippen molar-refractivity contribution < 1.29 is 13.9 Å². The highest BCUT2D eigenvalue weighted by Crippen LogP contribution is 2.20. The Morgan fingerprint density at radius 3 is 2.74 bits per heavy atom. The number of hydrogen-bond donors (Lipinski definition) is 0. The number of rotatable bonds is 4. The summed E-state index contributed by atoms with van der Waals surface area (Å²) in [4.78, 5) is 12.9. The van der Waals surface area contributed by atoms with Gasteiger partial charge in [-0.2, -0.15) is 0 Å². The molecule has 0 aliphatic carbocycles. The van der Waals surface area contributed by atoms with Crippen LogP contribution in [0.1, 0.15) is 20.8 Å². The number of benzene rings is 1. The molecule has 2 nitrogen and oxygen atoms in total. The smallest absolute Gasteiger partial charge is 0.185 e. The van der Waals surface area contributed by atoms with E-state index in [4.69, 9.17) is 4.74 Å². The Balaban J connectivity index is 2.19. The van der Waals surface area contributed by atoms with Crippen LogP contribution in [0, 0.1) is 12.7 Å². The molecule has 0 atom stereocenters. The van der Waals surface area contributed by atoms with Gasteiger partial charge in [0, 0.05) is 10.4 Å². The van der Waals surface area contributed by atoms with Gasteiger partial charge in [0.1, 0.15) is 0 Å². The van der Waals surface area contributed by atoms with Crippen LogP contribution in [0.3, 0.4) is 0 Å². The van der Waals surface area contributed by atoms with Gasteiger partial charge in [0.25, 0.3) is 0 Å². The van der Waals surface area contributed by atoms with E-state index in [1.165, 1.54) is 25.3 Å². The Bertz CT molecular complexity index is 629. The molecule has 2 aromatic rings. The van der Waals surface area contributed by atoms with Crippen LogP contribution in [0.5, 0.6) is 5.75 Å². The average Bonchev–Trinajstić information content (AvgIpc) is 2.81. The molecule has 0 aliphatic rings. The van der Waals surface area contributed by atoms with E-state index in [1.807, 2.05) is 18.4 Å². The van der Waals surface area contributed by atoms with Crippen molar-refractivity contribution in [1.82, 2.24) is 0 Å². The Morgan fingerprint density at radius 1 is 1.37 bits per heavy atom. The Morgan fingerprint density at radius 2 is 2.16 bits per heavy atom. The van der Waals surface area contributed by atoms with Crippen molar-refractivity contribution in [3.05, 3.63) is 57.5 Å². The van der Waals surface area contributed by atoms with E-state index in [2.05, 4.69) is 0 Å². The van der Waals surface area contributed by atoms with E-state index < -0.39 is 5.82 Å². The van der Waals surface area contributed by atoms with Gasteiger partial charge in [-0.1, -0.05) is 0 Å². The zero-order valence-corrected chi connectivity index (χ0v) is 11.5. The summed E-state index contributed by atoms with van der Waals surface area (Å²) >= 11 is 1.56. The summed E-state index contributed by atoms with van der Waals surface area (Å²) in [5.74, 6) is -0.627. The van der Waals surface area contributed by atoms with Gasteiger partial charge in [-0.25, -0.2) is 4.39 Å². The largest absolute Gasteiger partial charge is 0.494 e. The highest BCUT2D eigenvalue weighted by atomic mass is 32.1. The van der Waals surface area contributed by atoms with E-state index >= 15 is 0 Å². The number of hydrogen-bond acceptors (Lipinski definition) is 3. The maximum absolute atomic E-state index is 13.5. The van der Waals surface area contributed by atoms with Crippen molar-refractivity contribution in [1.29, 1.82) is 0 Å². The van der Waals surface area contributed by atoms with Gasteiger partial charge >= 0.3 is 0 Å². The van der Waals surface area contributed by atoms with Crippen LogP contribution < -0.4 is 4.74 Å². The lowest BCUT2D eigenvalue weighted by Crippen LogP contribution is -1.96. The molecule has 0 saturated heterocycles. The minimum absolute atomic E-state index is 0.134. The molecule has 0 saturated carbocycles. The SMILES string of the molecule is COc1ccc(C(=O)/C=C/c2sccc2C)cc1F. The molecule has 0 N–H and O–H groups in total. The summed E-state index contributed by atoms with van der Waals surface area (Å²) in [5.41, 5.74) is 1.43. The van der Waals surface area contributed by atoms with Crippen molar-refractivity contribution in [2.75, 3.05) is 7.11 Å². The van der Waals surface area contributed by atoms with Crippen molar-refractivity contribution in [3.8, 4) is 5.75 Å². The van der Waals surface area contributed by atoms with Crippen molar-refractivity contribution in [2.45, 2.75) is 6.92 Å². The van der Waals surface area contributed by atoms with E-state index in [9.17, 15) is 9.18 Å². The molecule has 0 radical (unpaired) electrons. The van der Waals surface area contributed by atoms with Gasteiger partial charge in [0.15, 0.2) is 17.3 Å². The zero-order chi connectivity index (χ0) is 13.8. The second kappa shape index (κ2) is 5.80. The molecule has 0 fully saturated rings. The number of thiophene rings is 1. The van der Waals surface area contributed by atoms with Gasteiger partial charge in [-0.05, 0) is 54.3 Å². The fourth-order valence-electron chi connectivity index (χ4n) is 1.62. The number of aryl methyl sites for hydroxylation is 1. The lowest BCUT2D eigenvalue weighted by atomic mass is 10.1. The summed E-state index contributed by atoms with van der Waals surface area (Å²) in [6, 6.07) is 6.18. The third-order valence-corrected chi connectivity index (χ3v) is 3.71. The van der Waals surface area contributed by atoms with Gasteiger partial charge in [-0.3, -0.25) is 4.79 Å². The number of ketones is 1. The molecule has 1 aromatic carbocycles.